The molecular weight excluding hydrogens is 440 g/mol. The Hall–Kier alpha value is -3.06. The lowest BCUT2D eigenvalue weighted by Gasteiger charge is -2.21. The molecule has 33 heavy (non-hydrogen) atoms. The first-order valence-corrected chi connectivity index (χ1v) is 11.6. The number of hydrogen-bond acceptors (Lipinski definition) is 4. The van der Waals surface area contributed by atoms with Gasteiger partial charge in [-0.2, -0.15) is 0 Å². The molecule has 2 heterocycles. The number of benzene rings is 2. The van der Waals surface area contributed by atoms with Crippen molar-refractivity contribution in [3.63, 3.8) is 0 Å². The van der Waals surface area contributed by atoms with Crippen molar-refractivity contribution in [2.75, 3.05) is 32.1 Å². The fourth-order valence-corrected chi connectivity index (χ4v) is 4.50. The summed E-state index contributed by atoms with van der Waals surface area (Å²) in [7, 11) is 3.41. The lowest BCUT2D eigenvalue weighted by atomic mass is 10.1. The van der Waals surface area contributed by atoms with Crippen molar-refractivity contribution in [3.8, 4) is 5.75 Å². The molecule has 4 rings (SSSR count). The number of methoxy groups -OCH3 is 1. The van der Waals surface area contributed by atoms with Crippen LogP contribution in [-0.2, 0) is 16.1 Å². The number of likely N-dealkylation sites (N-methyl/N-ethyl adjacent to an activating group) is 1. The lowest BCUT2D eigenvalue weighted by molar-refractivity contribution is -0.130. The Balaban J connectivity index is 1.66. The zero-order valence-corrected chi connectivity index (χ0v) is 20.0. The van der Waals surface area contributed by atoms with Crippen LogP contribution in [0.5, 0.6) is 5.75 Å². The van der Waals surface area contributed by atoms with Gasteiger partial charge in [-0.05, 0) is 36.8 Å². The summed E-state index contributed by atoms with van der Waals surface area (Å²) in [6.45, 7) is 3.47. The summed E-state index contributed by atoms with van der Waals surface area (Å²) in [5.74, 6) is 1.21. The van der Waals surface area contributed by atoms with Gasteiger partial charge in [0.15, 0.2) is 0 Å². The number of hydrogen-bond donors (Lipinski definition) is 0. The molecular formula is C25H29ClN4O3. The molecule has 0 aliphatic carbocycles. The highest BCUT2D eigenvalue weighted by atomic mass is 35.5. The van der Waals surface area contributed by atoms with Crippen LogP contribution in [0, 0.1) is 0 Å². The summed E-state index contributed by atoms with van der Waals surface area (Å²) < 4.78 is 7.43. The molecule has 3 aromatic rings. The maximum atomic E-state index is 13.0. The van der Waals surface area contributed by atoms with Crippen molar-refractivity contribution in [2.45, 2.75) is 38.6 Å². The highest BCUT2D eigenvalue weighted by Gasteiger charge is 2.36. The normalized spacial score (nSPS) is 15.9. The highest BCUT2D eigenvalue weighted by Crippen LogP contribution is 2.38. The van der Waals surface area contributed by atoms with Crippen LogP contribution >= 0.6 is 11.6 Å². The van der Waals surface area contributed by atoms with E-state index in [0.717, 1.165) is 36.2 Å². The number of carbonyl (C=O) groups is 2. The van der Waals surface area contributed by atoms with Gasteiger partial charge in [0, 0.05) is 37.5 Å². The lowest BCUT2D eigenvalue weighted by Crippen LogP contribution is -2.32. The fourth-order valence-electron chi connectivity index (χ4n) is 4.34. The number of ether oxygens (including phenoxy) is 1. The van der Waals surface area contributed by atoms with Crippen LogP contribution < -0.4 is 9.64 Å². The number of carbonyl (C=O) groups excluding carboxylic acids is 2. The number of imidazole rings is 1. The minimum absolute atomic E-state index is 0.0226. The molecule has 0 radical (unpaired) electrons. The Morgan fingerprint density at radius 3 is 2.82 bits per heavy atom. The second-order valence-electron chi connectivity index (χ2n) is 8.44. The number of rotatable bonds is 8. The van der Waals surface area contributed by atoms with E-state index in [1.165, 1.54) is 0 Å². The van der Waals surface area contributed by atoms with Crippen LogP contribution in [0.4, 0.5) is 5.69 Å². The predicted octanol–water partition coefficient (Wildman–Crippen LogP) is 4.48. The SMILES string of the molecule is CCCCN(C)C(=O)Cn1c([C@H]2CC(=O)N(c3cc(Cl)ccc3OC)C2)nc2ccccc21. The van der Waals surface area contributed by atoms with Crippen LogP contribution in [0.15, 0.2) is 42.5 Å². The maximum Gasteiger partial charge on any atom is 0.242 e. The second kappa shape index (κ2) is 9.83. The van der Waals surface area contributed by atoms with E-state index >= 15 is 0 Å². The van der Waals surface area contributed by atoms with Gasteiger partial charge in [-0.15, -0.1) is 0 Å². The molecule has 1 saturated heterocycles. The van der Waals surface area contributed by atoms with Crippen molar-refractivity contribution in [1.29, 1.82) is 0 Å². The molecule has 0 unspecified atom stereocenters. The molecule has 1 aliphatic heterocycles. The molecule has 0 saturated carbocycles. The van der Waals surface area contributed by atoms with E-state index in [-0.39, 0.29) is 24.3 Å². The highest BCUT2D eigenvalue weighted by molar-refractivity contribution is 6.31. The van der Waals surface area contributed by atoms with E-state index in [9.17, 15) is 9.59 Å². The van der Waals surface area contributed by atoms with Crippen LogP contribution in [0.3, 0.4) is 0 Å². The summed E-state index contributed by atoms with van der Waals surface area (Å²) >= 11 is 6.20. The monoisotopic (exact) mass is 468 g/mol. The molecule has 1 fully saturated rings. The van der Waals surface area contributed by atoms with Crippen LogP contribution in [0.25, 0.3) is 11.0 Å². The van der Waals surface area contributed by atoms with Gasteiger partial charge >= 0.3 is 0 Å². The number of para-hydroxylation sites is 2. The van der Waals surface area contributed by atoms with Gasteiger partial charge < -0.3 is 19.1 Å². The number of anilines is 1. The molecule has 1 aliphatic rings. The summed E-state index contributed by atoms with van der Waals surface area (Å²) in [6, 6.07) is 13.0. The molecule has 1 aromatic heterocycles. The van der Waals surface area contributed by atoms with Crippen molar-refractivity contribution >= 4 is 40.1 Å². The summed E-state index contributed by atoms with van der Waals surface area (Å²) in [5.41, 5.74) is 2.37. The molecule has 174 valence electrons. The quantitative estimate of drug-likeness (QED) is 0.489. The third-order valence-electron chi connectivity index (χ3n) is 6.17. The number of aromatic nitrogens is 2. The van der Waals surface area contributed by atoms with Gasteiger partial charge in [-0.3, -0.25) is 9.59 Å². The third-order valence-corrected chi connectivity index (χ3v) is 6.41. The number of unbranched alkanes of at least 4 members (excludes halogenated alkanes) is 1. The summed E-state index contributed by atoms with van der Waals surface area (Å²) in [6.07, 6.45) is 2.30. The van der Waals surface area contributed by atoms with Gasteiger partial charge in [0.25, 0.3) is 0 Å². The third kappa shape index (κ3) is 4.69. The first-order valence-electron chi connectivity index (χ1n) is 11.3. The van der Waals surface area contributed by atoms with Gasteiger partial charge in [-0.1, -0.05) is 37.1 Å². The average Bonchev–Trinajstić information content (AvgIpc) is 3.37. The first kappa shape index (κ1) is 23.1. The molecule has 2 aromatic carbocycles. The maximum absolute atomic E-state index is 13.0. The van der Waals surface area contributed by atoms with Crippen LogP contribution in [-0.4, -0.2) is 53.5 Å². The number of halogens is 1. The molecule has 2 amide bonds. The molecule has 8 heteroatoms. The van der Waals surface area contributed by atoms with E-state index in [2.05, 4.69) is 6.92 Å². The Kier molecular flexibility index (Phi) is 6.88. The smallest absolute Gasteiger partial charge is 0.242 e. The summed E-state index contributed by atoms with van der Waals surface area (Å²) in [5, 5.41) is 0.537. The number of amides is 2. The fraction of sp³-hybridized carbons (Fsp3) is 0.400. The minimum atomic E-state index is -0.151. The number of fused-ring (bicyclic) bond motifs is 1. The van der Waals surface area contributed by atoms with Gasteiger partial charge in [0.2, 0.25) is 11.8 Å². The predicted molar refractivity (Wildman–Crippen MR) is 130 cm³/mol. The van der Waals surface area contributed by atoms with Gasteiger partial charge in [0.1, 0.15) is 18.1 Å². The summed E-state index contributed by atoms with van der Waals surface area (Å²) in [4.78, 5) is 34.3. The van der Waals surface area contributed by atoms with Gasteiger partial charge in [-0.25, -0.2) is 4.98 Å². The zero-order chi connectivity index (χ0) is 23.5. The number of nitrogens with zero attached hydrogens (tertiary/aromatic N) is 4. The molecule has 0 N–H and O–H groups in total. The van der Waals surface area contributed by atoms with Gasteiger partial charge in [0.05, 0.1) is 23.8 Å². The molecule has 0 bridgehead atoms. The topological polar surface area (TPSA) is 67.7 Å². The van der Waals surface area contributed by atoms with E-state index in [1.807, 2.05) is 35.9 Å². The molecule has 7 nitrogen and oxygen atoms in total. The van der Waals surface area contributed by atoms with Crippen molar-refractivity contribution < 1.29 is 14.3 Å². The van der Waals surface area contributed by atoms with Crippen molar-refractivity contribution in [1.82, 2.24) is 14.5 Å². The minimum Gasteiger partial charge on any atom is -0.495 e. The molecule has 0 spiro atoms. The van der Waals surface area contributed by atoms with E-state index in [1.54, 1.807) is 35.1 Å². The Morgan fingerprint density at radius 2 is 2.06 bits per heavy atom. The standard InChI is InChI=1S/C25H29ClN4O3/c1-4-5-12-28(2)24(32)16-30-20-9-7-6-8-19(20)27-25(30)17-13-23(31)29(15-17)21-14-18(26)10-11-22(21)33-3/h6-11,14,17H,4-5,12-13,15-16H2,1-3H3/t17-/m0/s1. The van der Waals surface area contributed by atoms with Crippen LogP contribution in [0.1, 0.15) is 37.9 Å². The molecule has 1 atom stereocenters. The first-order chi connectivity index (χ1) is 15.9. The van der Waals surface area contributed by atoms with E-state index in [0.29, 0.717) is 29.4 Å². The Morgan fingerprint density at radius 1 is 1.27 bits per heavy atom. The zero-order valence-electron chi connectivity index (χ0n) is 19.3. The Labute approximate surface area is 198 Å². The van der Waals surface area contributed by atoms with Crippen molar-refractivity contribution in [3.05, 3.63) is 53.3 Å². The van der Waals surface area contributed by atoms with Crippen molar-refractivity contribution in [2.24, 2.45) is 0 Å². The van der Waals surface area contributed by atoms with E-state index < -0.39 is 0 Å². The largest absolute Gasteiger partial charge is 0.495 e. The van der Waals surface area contributed by atoms with E-state index in [4.69, 9.17) is 21.3 Å². The second-order valence-corrected chi connectivity index (χ2v) is 8.87. The van der Waals surface area contributed by atoms with Crippen LogP contribution in [0.2, 0.25) is 5.02 Å². The average molecular weight is 469 g/mol. The Bertz CT molecular complexity index is 1180.